The van der Waals surface area contributed by atoms with Gasteiger partial charge in [-0.1, -0.05) is 6.92 Å². The van der Waals surface area contributed by atoms with Gasteiger partial charge in [0.1, 0.15) is 0 Å². The molecular formula is C15H22N2O2. The van der Waals surface area contributed by atoms with Crippen LogP contribution in [0.5, 0.6) is 0 Å². The molecule has 1 atom stereocenters. The average molecular weight is 262 g/mol. The zero-order chi connectivity index (χ0) is 13.8. The minimum atomic E-state index is 0.0823. The summed E-state index contributed by atoms with van der Waals surface area (Å²) in [5.74, 6) is 0.322. The van der Waals surface area contributed by atoms with E-state index in [0.29, 0.717) is 19.4 Å². The number of nitrogens with zero attached hydrogens (tertiary/aromatic N) is 1. The van der Waals surface area contributed by atoms with Crippen LogP contribution in [0.1, 0.15) is 55.6 Å². The van der Waals surface area contributed by atoms with Gasteiger partial charge < -0.3 is 9.88 Å². The molecule has 104 valence electrons. The van der Waals surface area contributed by atoms with E-state index in [4.69, 9.17) is 0 Å². The monoisotopic (exact) mass is 262 g/mol. The predicted octanol–water partition coefficient (Wildman–Crippen LogP) is 2.31. The first-order chi connectivity index (χ1) is 9.11. The molecule has 1 N–H and O–H groups in total. The molecule has 0 aromatic carbocycles. The molecule has 1 aromatic heterocycles. The van der Waals surface area contributed by atoms with Crippen molar-refractivity contribution in [3.63, 3.8) is 0 Å². The standard InChI is InChI=1S/C15H22N2O2/c1-3-11(2)16-15(19)8-10-17-9-7-12-13(17)5-4-6-14(12)18/h7,9,11H,3-6,8,10H2,1-2H3,(H,16,19). The topological polar surface area (TPSA) is 51.1 Å². The highest BCUT2D eigenvalue weighted by molar-refractivity contribution is 5.98. The Morgan fingerprint density at radius 2 is 2.26 bits per heavy atom. The summed E-state index contributed by atoms with van der Waals surface area (Å²) in [6.07, 6.45) is 5.88. The molecule has 1 aliphatic rings. The third kappa shape index (κ3) is 3.25. The molecule has 1 heterocycles. The van der Waals surface area contributed by atoms with Gasteiger partial charge in [0.15, 0.2) is 5.78 Å². The number of ketones is 1. The van der Waals surface area contributed by atoms with E-state index in [9.17, 15) is 9.59 Å². The zero-order valence-corrected chi connectivity index (χ0v) is 11.7. The lowest BCUT2D eigenvalue weighted by Crippen LogP contribution is -2.32. The quantitative estimate of drug-likeness (QED) is 0.885. The van der Waals surface area contributed by atoms with Crippen LogP contribution < -0.4 is 5.32 Å². The Labute approximate surface area is 114 Å². The van der Waals surface area contributed by atoms with Crippen LogP contribution in [-0.4, -0.2) is 22.3 Å². The van der Waals surface area contributed by atoms with Gasteiger partial charge in [0.2, 0.25) is 5.91 Å². The highest BCUT2D eigenvalue weighted by Gasteiger charge is 2.20. The number of carbonyl (C=O) groups is 2. The van der Waals surface area contributed by atoms with Crippen molar-refractivity contribution in [1.82, 2.24) is 9.88 Å². The number of rotatable bonds is 5. The highest BCUT2D eigenvalue weighted by atomic mass is 16.1. The van der Waals surface area contributed by atoms with E-state index < -0.39 is 0 Å². The van der Waals surface area contributed by atoms with Crippen LogP contribution >= 0.6 is 0 Å². The number of carbonyl (C=O) groups excluding carboxylic acids is 2. The van der Waals surface area contributed by atoms with Gasteiger partial charge in [-0.15, -0.1) is 0 Å². The van der Waals surface area contributed by atoms with Gasteiger partial charge in [-0.3, -0.25) is 9.59 Å². The van der Waals surface area contributed by atoms with Crippen LogP contribution in [0, 0.1) is 0 Å². The van der Waals surface area contributed by atoms with E-state index in [-0.39, 0.29) is 17.7 Å². The Bertz CT molecular complexity index is 476. The largest absolute Gasteiger partial charge is 0.354 e. The van der Waals surface area contributed by atoms with Gasteiger partial charge >= 0.3 is 0 Å². The van der Waals surface area contributed by atoms with Crippen LogP contribution in [-0.2, 0) is 17.8 Å². The van der Waals surface area contributed by atoms with Gasteiger partial charge in [-0.05, 0) is 32.3 Å². The van der Waals surface area contributed by atoms with Crippen LogP contribution in [0.25, 0.3) is 0 Å². The first-order valence-corrected chi connectivity index (χ1v) is 7.12. The molecule has 4 nitrogen and oxygen atoms in total. The molecule has 0 fully saturated rings. The fraction of sp³-hybridized carbons (Fsp3) is 0.600. The van der Waals surface area contributed by atoms with Crippen LogP contribution in [0.2, 0.25) is 0 Å². The lowest BCUT2D eigenvalue weighted by molar-refractivity contribution is -0.121. The maximum atomic E-state index is 11.7. The first kappa shape index (κ1) is 13.8. The molecule has 0 spiro atoms. The highest BCUT2D eigenvalue weighted by Crippen LogP contribution is 2.22. The third-order valence-corrected chi connectivity index (χ3v) is 3.80. The molecular weight excluding hydrogens is 240 g/mol. The summed E-state index contributed by atoms with van der Waals surface area (Å²) in [5, 5.41) is 2.96. The Kier molecular flexibility index (Phi) is 4.40. The molecule has 2 rings (SSSR count). The van der Waals surface area contributed by atoms with E-state index >= 15 is 0 Å². The molecule has 1 aliphatic carbocycles. The first-order valence-electron chi connectivity index (χ1n) is 7.12. The third-order valence-electron chi connectivity index (χ3n) is 3.80. The van der Waals surface area contributed by atoms with E-state index in [1.807, 2.05) is 19.2 Å². The maximum Gasteiger partial charge on any atom is 0.221 e. The number of hydrogen-bond acceptors (Lipinski definition) is 2. The summed E-state index contributed by atoms with van der Waals surface area (Å²) < 4.78 is 2.06. The van der Waals surface area contributed by atoms with Crippen molar-refractivity contribution in [2.45, 2.75) is 58.5 Å². The molecule has 1 amide bonds. The molecule has 19 heavy (non-hydrogen) atoms. The van der Waals surface area contributed by atoms with Gasteiger partial charge in [0.05, 0.1) is 0 Å². The van der Waals surface area contributed by atoms with Crippen molar-refractivity contribution in [2.75, 3.05) is 0 Å². The van der Waals surface area contributed by atoms with E-state index in [1.54, 1.807) is 0 Å². The second kappa shape index (κ2) is 6.04. The molecule has 0 aliphatic heterocycles. The minimum absolute atomic E-state index is 0.0823. The van der Waals surface area contributed by atoms with Gasteiger partial charge in [0, 0.05) is 42.9 Å². The lowest BCUT2D eigenvalue weighted by Gasteiger charge is -2.15. The number of nitrogens with one attached hydrogen (secondary N) is 1. The van der Waals surface area contributed by atoms with Gasteiger partial charge in [-0.2, -0.15) is 0 Å². The normalized spacial score (nSPS) is 16.0. The fourth-order valence-electron chi connectivity index (χ4n) is 2.47. The molecule has 4 heteroatoms. The Morgan fingerprint density at radius 1 is 1.47 bits per heavy atom. The van der Waals surface area contributed by atoms with Crippen LogP contribution in [0.15, 0.2) is 12.3 Å². The number of hydrogen-bond donors (Lipinski definition) is 1. The van der Waals surface area contributed by atoms with Crippen molar-refractivity contribution < 1.29 is 9.59 Å². The van der Waals surface area contributed by atoms with E-state index in [1.165, 1.54) is 0 Å². The second-order valence-electron chi connectivity index (χ2n) is 5.27. The molecule has 1 aromatic rings. The average Bonchev–Trinajstić information content (AvgIpc) is 2.81. The molecule has 1 unspecified atom stereocenters. The lowest BCUT2D eigenvalue weighted by atomic mass is 9.97. The predicted molar refractivity (Wildman–Crippen MR) is 74.2 cm³/mol. The van der Waals surface area contributed by atoms with Crippen molar-refractivity contribution in [3.8, 4) is 0 Å². The summed E-state index contributed by atoms with van der Waals surface area (Å²) in [6.45, 7) is 4.72. The number of amides is 1. The summed E-state index contributed by atoms with van der Waals surface area (Å²) in [7, 11) is 0. The van der Waals surface area contributed by atoms with Gasteiger partial charge in [-0.25, -0.2) is 0 Å². The maximum absolute atomic E-state index is 11.7. The Morgan fingerprint density at radius 3 is 3.00 bits per heavy atom. The Hall–Kier alpha value is -1.58. The minimum Gasteiger partial charge on any atom is -0.354 e. The summed E-state index contributed by atoms with van der Waals surface area (Å²) in [6, 6.07) is 2.12. The number of aryl methyl sites for hydroxylation is 1. The molecule has 0 radical (unpaired) electrons. The van der Waals surface area contributed by atoms with Crippen molar-refractivity contribution in [1.29, 1.82) is 0 Å². The molecule has 0 bridgehead atoms. The molecule has 0 saturated carbocycles. The van der Waals surface area contributed by atoms with E-state index in [2.05, 4.69) is 16.8 Å². The SMILES string of the molecule is CCC(C)NC(=O)CCn1ccc2c1CCCC2=O. The second-order valence-corrected chi connectivity index (χ2v) is 5.27. The van der Waals surface area contributed by atoms with Crippen LogP contribution in [0.4, 0.5) is 0 Å². The Balaban J connectivity index is 1.94. The van der Waals surface area contributed by atoms with Crippen molar-refractivity contribution >= 4 is 11.7 Å². The fourth-order valence-corrected chi connectivity index (χ4v) is 2.47. The van der Waals surface area contributed by atoms with Gasteiger partial charge in [0.25, 0.3) is 0 Å². The van der Waals surface area contributed by atoms with Crippen molar-refractivity contribution in [2.24, 2.45) is 0 Å². The number of aromatic nitrogens is 1. The summed E-state index contributed by atoms with van der Waals surface area (Å²) in [4.78, 5) is 23.5. The smallest absolute Gasteiger partial charge is 0.221 e. The molecule has 0 saturated heterocycles. The van der Waals surface area contributed by atoms with Crippen molar-refractivity contribution in [3.05, 3.63) is 23.5 Å². The number of fused-ring (bicyclic) bond motifs is 1. The zero-order valence-electron chi connectivity index (χ0n) is 11.7. The van der Waals surface area contributed by atoms with Crippen LogP contribution in [0.3, 0.4) is 0 Å². The van der Waals surface area contributed by atoms with E-state index in [0.717, 1.165) is 30.5 Å². The summed E-state index contributed by atoms with van der Waals surface area (Å²) >= 11 is 0. The summed E-state index contributed by atoms with van der Waals surface area (Å²) in [5.41, 5.74) is 1.96. The number of Topliss-reactive ketones (excluding diaryl/α,β-unsaturated/α-hetero) is 1.